The quantitative estimate of drug-likeness (QED) is 0.706. The van der Waals surface area contributed by atoms with Crippen molar-refractivity contribution < 1.29 is 9.84 Å². The minimum atomic E-state index is -0.373. The van der Waals surface area contributed by atoms with Crippen molar-refractivity contribution in [3.63, 3.8) is 0 Å². The lowest BCUT2D eigenvalue weighted by molar-refractivity contribution is -0.0706. The average molecular weight is 338 g/mol. The Labute approximate surface area is 149 Å². The van der Waals surface area contributed by atoms with Gasteiger partial charge >= 0.3 is 0 Å². The molecule has 140 valence electrons. The third kappa shape index (κ3) is 4.16. The topological polar surface area (TPSA) is 32.7 Å². The highest BCUT2D eigenvalue weighted by Gasteiger charge is 2.42. The normalized spacial score (nSPS) is 36.1. The van der Waals surface area contributed by atoms with Gasteiger partial charge in [-0.1, -0.05) is 6.42 Å². The number of ether oxygens (including phenoxy) is 1. The van der Waals surface area contributed by atoms with Crippen LogP contribution in [-0.2, 0) is 4.74 Å². The maximum absolute atomic E-state index is 10.5. The lowest BCUT2D eigenvalue weighted by atomic mass is 9.79. The van der Waals surface area contributed by atoms with Crippen molar-refractivity contribution in [1.82, 2.24) is 4.90 Å². The van der Waals surface area contributed by atoms with Gasteiger partial charge in [0.2, 0.25) is 0 Å². The molecule has 2 saturated carbocycles. The summed E-state index contributed by atoms with van der Waals surface area (Å²) >= 11 is 0. The number of rotatable bonds is 7. The number of hydrogen-bond donors (Lipinski definition) is 1. The molecule has 0 unspecified atom stereocenters. The molecular formula is C21H39NO2. The van der Waals surface area contributed by atoms with Gasteiger partial charge in [-0.3, -0.25) is 4.90 Å². The zero-order valence-electron chi connectivity index (χ0n) is 16.4. The molecule has 4 atom stereocenters. The summed E-state index contributed by atoms with van der Waals surface area (Å²) in [6.07, 6.45) is 10.4. The van der Waals surface area contributed by atoms with Crippen LogP contribution in [0.15, 0.2) is 0 Å². The van der Waals surface area contributed by atoms with Crippen LogP contribution in [0, 0.1) is 17.8 Å². The lowest BCUT2D eigenvalue weighted by Gasteiger charge is -2.53. The van der Waals surface area contributed by atoms with Crippen LogP contribution in [-0.4, -0.2) is 46.9 Å². The molecule has 24 heavy (non-hydrogen) atoms. The van der Waals surface area contributed by atoms with Gasteiger partial charge in [0.05, 0.1) is 12.7 Å². The van der Waals surface area contributed by atoms with E-state index in [2.05, 4.69) is 32.6 Å². The average Bonchev–Trinajstić information content (AvgIpc) is 3.10. The summed E-state index contributed by atoms with van der Waals surface area (Å²) in [6.45, 7) is 11.3. The molecule has 2 aliphatic carbocycles. The molecule has 0 amide bonds. The van der Waals surface area contributed by atoms with E-state index in [4.69, 9.17) is 4.74 Å². The van der Waals surface area contributed by atoms with Crippen LogP contribution in [0.4, 0.5) is 0 Å². The molecule has 0 spiro atoms. The standard InChI is InChI=1S/C21H39NO2/c1-20(2)9-5-10-21(3,4)22(20)14-19(23)15-24-11-8-18-13-16-6-7-17(18)12-16/h16-19,23H,5-15H2,1-4H3/t16-,17-,18+,19+/m1/s1. The largest absolute Gasteiger partial charge is 0.389 e. The summed E-state index contributed by atoms with van der Waals surface area (Å²) in [7, 11) is 0. The number of β-amino-alcohol motifs (C(OH)–C–C–N with tert-alkyl or cyclic N) is 1. The highest BCUT2D eigenvalue weighted by molar-refractivity contribution is 4.97. The van der Waals surface area contributed by atoms with Crippen molar-refractivity contribution in [3.8, 4) is 0 Å². The molecule has 3 nitrogen and oxygen atoms in total. The van der Waals surface area contributed by atoms with Crippen molar-refractivity contribution in [2.75, 3.05) is 19.8 Å². The van der Waals surface area contributed by atoms with E-state index in [-0.39, 0.29) is 17.2 Å². The van der Waals surface area contributed by atoms with Crippen LogP contribution in [0.25, 0.3) is 0 Å². The fourth-order valence-electron chi connectivity index (χ4n) is 5.98. The Morgan fingerprint density at radius 3 is 2.38 bits per heavy atom. The third-order valence-corrected chi connectivity index (χ3v) is 7.26. The third-order valence-electron chi connectivity index (χ3n) is 7.26. The first-order valence-electron chi connectivity index (χ1n) is 10.3. The summed E-state index contributed by atoms with van der Waals surface area (Å²) < 4.78 is 5.87. The van der Waals surface area contributed by atoms with Crippen LogP contribution in [0.3, 0.4) is 0 Å². The van der Waals surface area contributed by atoms with Crippen molar-refractivity contribution in [3.05, 3.63) is 0 Å². The molecule has 0 aromatic carbocycles. The van der Waals surface area contributed by atoms with E-state index in [9.17, 15) is 5.11 Å². The highest BCUT2D eigenvalue weighted by atomic mass is 16.5. The zero-order valence-corrected chi connectivity index (χ0v) is 16.4. The predicted molar refractivity (Wildman–Crippen MR) is 99.1 cm³/mol. The van der Waals surface area contributed by atoms with Crippen molar-refractivity contribution in [2.24, 2.45) is 17.8 Å². The number of aliphatic hydroxyl groups excluding tert-OH is 1. The van der Waals surface area contributed by atoms with E-state index < -0.39 is 0 Å². The Bertz CT molecular complexity index is 404. The zero-order chi connectivity index (χ0) is 17.4. The first-order valence-corrected chi connectivity index (χ1v) is 10.3. The molecule has 1 aliphatic heterocycles. The van der Waals surface area contributed by atoms with Crippen LogP contribution in [0.1, 0.15) is 79.1 Å². The Kier molecular flexibility index (Phi) is 5.64. The van der Waals surface area contributed by atoms with E-state index >= 15 is 0 Å². The molecule has 0 aromatic heterocycles. The molecule has 3 fully saturated rings. The van der Waals surface area contributed by atoms with Gasteiger partial charge in [-0.15, -0.1) is 0 Å². The van der Waals surface area contributed by atoms with Crippen molar-refractivity contribution >= 4 is 0 Å². The first-order chi connectivity index (χ1) is 11.3. The lowest BCUT2D eigenvalue weighted by Crippen LogP contribution is -2.60. The molecule has 3 heteroatoms. The Morgan fingerprint density at radius 2 is 1.79 bits per heavy atom. The van der Waals surface area contributed by atoms with E-state index in [1.807, 2.05) is 0 Å². The van der Waals surface area contributed by atoms with E-state index in [1.54, 1.807) is 0 Å². The van der Waals surface area contributed by atoms with E-state index in [1.165, 1.54) is 51.4 Å². The van der Waals surface area contributed by atoms with Gasteiger partial charge in [0.15, 0.2) is 0 Å². The van der Waals surface area contributed by atoms with Crippen LogP contribution in [0.5, 0.6) is 0 Å². The summed E-state index contributed by atoms with van der Waals surface area (Å²) in [5.74, 6) is 2.91. The maximum atomic E-state index is 10.5. The number of aliphatic hydroxyl groups is 1. The van der Waals surface area contributed by atoms with Crippen molar-refractivity contribution in [1.29, 1.82) is 0 Å². The Balaban J connectivity index is 1.38. The molecule has 1 N–H and O–H groups in total. The molecule has 1 saturated heterocycles. The maximum Gasteiger partial charge on any atom is 0.0900 e. The molecule has 0 radical (unpaired) electrons. The molecule has 1 heterocycles. The Morgan fingerprint density at radius 1 is 1.08 bits per heavy atom. The number of likely N-dealkylation sites (tertiary alicyclic amines) is 1. The second-order valence-electron chi connectivity index (χ2n) is 10.0. The van der Waals surface area contributed by atoms with Crippen LogP contribution in [0.2, 0.25) is 0 Å². The summed E-state index contributed by atoms with van der Waals surface area (Å²) in [4.78, 5) is 2.51. The SMILES string of the molecule is CC1(C)CCCC(C)(C)N1C[C@H](O)COCC[C@H]1C[C@@H]2CC[C@@H]1C2. The predicted octanol–water partition coefficient (Wildman–Crippen LogP) is 4.23. The molecule has 2 bridgehead atoms. The van der Waals surface area contributed by atoms with E-state index in [0.29, 0.717) is 6.61 Å². The minimum absolute atomic E-state index is 0.172. The molecular weight excluding hydrogens is 298 g/mol. The minimum Gasteiger partial charge on any atom is -0.389 e. The Hall–Kier alpha value is -0.120. The van der Waals surface area contributed by atoms with Crippen molar-refractivity contribution in [2.45, 2.75) is 96.2 Å². The summed E-state index contributed by atoms with van der Waals surface area (Å²) in [6, 6.07) is 0. The van der Waals surface area contributed by atoms with Gasteiger partial charge < -0.3 is 9.84 Å². The van der Waals surface area contributed by atoms with Gasteiger partial charge in [-0.25, -0.2) is 0 Å². The van der Waals surface area contributed by atoms with Crippen LogP contribution >= 0.6 is 0 Å². The van der Waals surface area contributed by atoms with Gasteiger partial charge in [0.25, 0.3) is 0 Å². The van der Waals surface area contributed by atoms with E-state index in [0.717, 1.165) is 30.9 Å². The van der Waals surface area contributed by atoms with Gasteiger partial charge in [0, 0.05) is 24.2 Å². The number of fused-ring (bicyclic) bond motifs is 2. The highest BCUT2D eigenvalue weighted by Crippen LogP contribution is 2.49. The molecule has 0 aromatic rings. The first kappa shape index (κ1) is 18.7. The fraction of sp³-hybridized carbons (Fsp3) is 1.00. The van der Waals surface area contributed by atoms with Crippen LogP contribution < -0.4 is 0 Å². The molecule has 3 rings (SSSR count). The second-order valence-corrected chi connectivity index (χ2v) is 10.0. The van der Waals surface area contributed by atoms with Gasteiger partial charge in [-0.2, -0.15) is 0 Å². The monoisotopic (exact) mass is 337 g/mol. The smallest absolute Gasteiger partial charge is 0.0900 e. The second kappa shape index (κ2) is 7.25. The molecule has 3 aliphatic rings. The summed E-state index contributed by atoms with van der Waals surface area (Å²) in [5, 5.41) is 10.5. The number of hydrogen-bond acceptors (Lipinski definition) is 3. The van der Waals surface area contributed by atoms with Gasteiger partial charge in [-0.05, 0) is 90.4 Å². The fourth-order valence-corrected chi connectivity index (χ4v) is 5.98. The number of nitrogens with zero attached hydrogens (tertiary/aromatic N) is 1. The summed E-state index contributed by atoms with van der Waals surface area (Å²) in [5.41, 5.74) is 0.345. The van der Waals surface area contributed by atoms with Gasteiger partial charge in [0.1, 0.15) is 0 Å². The number of piperidine rings is 1.